The maximum atomic E-state index is 2.49. The zero-order valence-corrected chi connectivity index (χ0v) is 22.6. The fourth-order valence-electron chi connectivity index (χ4n) is 7.06. The first kappa shape index (κ1) is 21.5. The van der Waals surface area contributed by atoms with E-state index >= 15 is 0 Å². The second-order valence-electron chi connectivity index (χ2n) is 11.4. The highest BCUT2D eigenvalue weighted by atomic mass is 32.1. The Labute approximate surface area is 230 Å². The van der Waals surface area contributed by atoms with Crippen LogP contribution in [0.15, 0.2) is 115 Å². The van der Waals surface area contributed by atoms with Crippen LogP contribution in [0.5, 0.6) is 0 Å². The van der Waals surface area contributed by atoms with Gasteiger partial charge in [0, 0.05) is 37.3 Å². The second kappa shape index (κ2) is 7.37. The van der Waals surface area contributed by atoms with Gasteiger partial charge in [-0.1, -0.05) is 98.8 Å². The van der Waals surface area contributed by atoms with E-state index in [9.17, 15) is 0 Å². The van der Waals surface area contributed by atoms with Crippen LogP contribution in [0.3, 0.4) is 0 Å². The third kappa shape index (κ3) is 2.74. The van der Waals surface area contributed by atoms with Crippen molar-refractivity contribution in [1.29, 1.82) is 0 Å². The van der Waals surface area contributed by atoms with Crippen LogP contribution in [0.1, 0.15) is 25.0 Å². The standard InChI is InChI=1S/C37H25NS/c1-37(2)31-13-7-5-11-25(31)29-20-30-28-18-17-27-26-12-6-8-14-33(26)38(35(27)36(28)39-34(30)21-32(29)37)24-16-15-22-9-3-4-10-23(22)19-24/h3-21H,1-2H3. The van der Waals surface area contributed by atoms with Crippen LogP contribution in [0.4, 0.5) is 0 Å². The minimum atomic E-state index is 0.00556. The predicted molar refractivity (Wildman–Crippen MR) is 169 cm³/mol. The third-order valence-corrected chi connectivity index (χ3v) is 10.1. The van der Waals surface area contributed by atoms with Gasteiger partial charge in [-0.05, 0) is 63.4 Å². The molecule has 8 aromatic rings. The first-order valence-corrected chi connectivity index (χ1v) is 14.4. The molecule has 1 aliphatic rings. The Morgan fingerprint density at radius 2 is 1.33 bits per heavy atom. The number of hydrogen-bond acceptors (Lipinski definition) is 1. The lowest BCUT2D eigenvalue weighted by atomic mass is 9.82. The molecule has 1 aliphatic carbocycles. The lowest BCUT2D eigenvalue weighted by Gasteiger charge is -2.21. The van der Waals surface area contributed by atoms with Gasteiger partial charge in [0.2, 0.25) is 0 Å². The van der Waals surface area contributed by atoms with Crippen LogP contribution in [0, 0.1) is 0 Å². The Balaban J connectivity index is 1.42. The monoisotopic (exact) mass is 515 g/mol. The zero-order chi connectivity index (χ0) is 25.9. The molecule has 2 aromatic heterocycles. The molecular weight excluding hydrogens is 490 g/mol. The summed E-state index contributed by atoms with van der Waals surface area (Å²) in [5.74, 6) is 0. The molecule has 2 heterocycles. The summed E-state index contributed by atoms with van der Waals surface area (Å²) in [4.78, 5) is 0. The number of rotatable bonds is 1. The average molecular weight is 516 g/mol. The topological polar surface area (TPSA) is 4.93 Å². The maximum Gasteiger partial charge on any atom is 0.0719 e. The summed E-state index contributed by atoms with van der Waals surface area (Å²) in [5.41, 5.74) is 9.42. The SMILES string of the molecule is CC1(C)c2ccccc2-c2cc3c(cc21)sc1c3ccc2c3ccccc3n(-c3ccc4ccccc4c3)c21. The number of para-hydroxylation sites is 1. The molecule has 39 heavy (non-hydrogen) atoms. The Kier molecular flexibility index (Phi) is 4.07. The molecule has 0 fully saturated rings. The molecule has 0 unspecified atom stereocenters. The van der Waals surface area contributed by atoms with Crippen molar-refractivity contribution in [3.05, 3.63) is 126 Å². The Morgan fingerprint density at radius 1 is 0.564 bits per heavy atom. The van der Waals surface area contributed by atoms with Gasteiger partial charge in [-0.2, -0.15) is 0 Å². The van der Waals surface area contributed by atoms with Crippen LogP contribution >= 0.6 is 11.3 Å². The molecule has 0 aliphatic heterocycles. The minimum Gasteiger partial charge on any atom is -0.308 e. The summed E-state index contributed by atoms with van der Waals surface area (Å²) in [7, 11) is 0. The van der Waals surface area contributed by atoms with E-state index in [4.69, 9.17) is 0 Å². The number of hydrogen-bond donors (Lipinski definition) is 0. The summed E-state index contributed by atoms with van der Waals surface area (Å²) in [6.07, 6.45) is 0. The van der Waals surface area contributed by atoms with Gasteiger partial charge in [0.05, 0.1) is 15.7 Å². The molecule has 9 rings (SSSR count). The van der Waals surface area contributed by atoms with Gasteiger partial charge in [-0.25, -0.2) is 0 Å². The van der Waals surface area contributed by atoms with E-state index in [0.717, 1.165) is 0 Å². The molecule has 0 N–H and O–H groups in total. The van der Waals surface area contributed by atoms with Crippen LogP contribution < -0.4 is 0 Å². The van der Waals surface area contributed by atoms with E-state index in [-0.39, 0.29) is 5.41 Å². The average Bonchev–Trinajstić information content (AvgIpc) is 3.58. The first-order valence-electron chi connectivity index (χ1n) is 13.6. The van der Waals surface area contributed by atoms with Crippen molar-refractivity contribution in [2.24, 2.45) is 0 Å². The molecule has 0 bridgehead atoms. The summed E-state index contributed by atoms with van der Waals surface area (Å²) < 4.78 is 5.22. The molecule has 1 nitrogen and oxygen atoms in total. The number of aromatic nitrogens is 1. The van der Waals surface area contributed by atoms with Crippen molar-refractivity contribution in [2.75, 3.05) is 0 Å². The largest absolute Gasteiger partial charge is 0.308 e. The molecule has 0 saturated carbocycles. The van der Waals surface area contributed by atoms with Gasteiger partial charge in [0.1, 0.15) is 0 Å². The summed E-state index contributed by atoms with van der Waals surface area (Å²) in [6.45, 7) is 4.74. The summed E-state index contributed by atoms with van der Waals surface area (Å²) in [6, 6.07) is 42.9. The highest BCUT2D eigenvalue weighted by molar-refractivity contribution is 7.26. The molecule has 0 spiro atoms. The number of nitrogens with zero attached hydrogens (tertiary/aromatic N) is 1. The van der Waals surface area contributed by atoms with Gasteiger partial charge < -0.3 is 4.57 Å². The molecule has 2 heteroatoms. The molecule has 0 amide bonds. The van der Waals surface area contributed by atoms with E-state index in [1.165, 1.54) is 80.7 Å². The Bertz CT molecular complexity index is 2310. The number of fused-ring (bicyclic) bond motifs is 11. The number of thiophene rings is 1. The van der Waals surface area contributed by atoms with Crippen molar-refractivity contribution in [3.8, 4) is 16.8 Å². The maximum absolute atomic E-state index is 2.49. The van der Waals surface area contributed by atoms with Crippen molar-refractivity contribution >= 4 is 64.1 Å². The van der Waals surface area contributed by atoms with E-state index < -0.39 is 0 Å². The fraction of sp³-hybridized carbons (Fsp3) is 0.0811. The zero-order valence-electron chi connectivity index (χ0n) is 21.8. The van der Waals surface area contributed by atoms with Crippen molar-refractivity contribution in [2.45, 2.75) is 19.3 Å². The second-order valence-corrected chi connectivity index (χ2v) is 12.4. The third-order valence-electron chi connectivity index (χ3n) is 8.97. The highest BCUT2D eigenvalue weighted by Crippen LogP contribution is 2.52. The van der Waals surface area contributed by atoms with Crippen molar-refractivity contribution < 1.29 is 0 Å². The van der Waals surface area contributed by atoms with E-state index in [1.807, 2.05) is 11.3 Å². The van der Waals surface area contributed by atoms with Crippen molar-refractivity contribution in [3.63, 3.8) is 0 Å². The minimum absolute atomic E-state index is 0.00556. The van der Waals surface area contributed by atoms with Crippen LogP contribution in [-0.4, -0.2) is 4.57 Å². The molecule has 0 atom stereocenters. The molecular formula is C37H25NS. The number of benzene rings is 6. The molecule has 184 valence electrons. The molecule has 0 saturated heterocycles. The van der Waals surface area contributed by atoms with Gasteiger partial charge >= 0.3 is 0 Å². The van der Waals surface area contributed by atoms with E-state index in [2.05, 4.69) is 134 Å². The van der Waals surface area contributed by atoms with E-state index in [1.54, 1.807) is 0 Å². The Morgan fingerprint density at radius 3 is 2.26 bits per heavy atom. The molecule has 6 aromatic carbocycles. The Hall–Kier alpha value is -4.40. The normalized spacial score (nSPS) is 14.1. The lowest BCUT2D eigenvalue weighted by molar-refractivity contribution is 0.661. The van der Waals surface area contributed by atoms with Crippen LogP contribution in [-0.2, 0) is 5.41 Å². The van der Waals surface area contributed by atoms with E-state index in [0.29, 0.717) is 0 Å². The van der Waals surface area contributed by atoms with Crippen LogP contribution in [0.2, 0.25) is 0 Å². The highest BCUT2D eigenvalue weighted by Gasteiger charge is 2.35. The van der Waals surface area contributed by atoms with Crippen LogP contribution in [0.25, 0.3) is 69.6 Å². The van der Waals surface area contributed by atoms with Gasteiger partial charge in [-0.3, -0.25) is 0 Å². The predicted octanol–water partition coefficient (Wildman–Crippen LogP) is 10.6. The smallest absolute Gasteiger partial charge is 0.0719 e. The quantitative estimate of drug-likeness (QED) is 0.205. The first-order chi connectivity index (χ1) is 19.1. The summed E-state index contributed by atoms with van der Waals surface area (Å²) >= 11 is 1.94. The summed E-state index contributed by atoms with van der Waals surface area (Å²) in [5, 5.41) is 7.86. The lowest BCUT2D eigenvalue weighted by Crippen LogP contribution is -2.14. The van der Waals surface area contributed by atoms with Crippen molar-refractivity contribution in [1.82, 2.24) is 4.57 Å². The van der Waals surface area contributed by atoms with Gasteiger partial charge in [0.15, 0.2) is 0 Å². The fourth-order valence-corrected chi connectivity index (χ4v) is 8.32. The van der Waals surface area contributed by atoms with Gasteiger partial charge in [-0.15, -0.1) is 11.3 Å². The molecule has 0 radical (unpaired) electrons. The van der Waals surface area contributed by atoms with Gasteiger partial charge in [0.25, 0.3) is 0 Å².